The summed E-state index contributed by atoms with van der Waals surface area (Å²) in [5, 5.41) is 19.2. The van der Waals surface area contributed by atoms with Gasteiger partial charge in [0.15, 0.2) is 0 Å². The monoisotopic (exact) mass is 412 g/mol. The smallest absolute Gasteiger partial charge is 0.324 e. The number of hydrogen-bond acceptors (Lipinski definition) is 5. The summed E-state index contributed by atoms with van der Waals surface area (Å²) in [5.41, 5.74) is 3.07. The first kappa shape index (κ1) is 21.8. The first-order valence-corrected chi connectivity index (χ1v) is 10.4. The number of urea groups is 1. The molecular formula is C23H32N4O3. The molecule has 1 aliphatic heterocycles. The number of nitrogens with zero attached hydrogens (tertiary/aromatic N) is 4. The van der Waals surface area contributed by atoms with E-state index in [1.54, 1.807) is 43.0 Å². The quantitative estimate of drug-likeness (QED) is 0.790. The second-order valence-electron chi connectivity index (χ2n) is 7.94. The van der Waals surface area contributed by atoms with Gasteiger partial charge in [0.25, 0.3) is 0 Å². The lowest BCUT2D eigenvalue weighted by Crippen LogP contribution is -2.47. The molecule has 7 heteroatoms. The van der Waals surface area contributed by atoms with E-state index >= 15 is 0 Å². The lowest BCUT2D eigenvalue weighted by Gasteiger charge is -2.37. The van der Waals surface area contributed by atoms with E-state index in [0.717, 1.165) is 43.2 Å². The van der Waals surface area contributed by atoms with Crippen LogP contribution in [0.5, 0.6) is 5.75 Å². The number of aliphatic hydroxyl groups excluding tert-OH is 1. The Morgan fingerprint density at radius 3 is 1.73 bits per heavy atom. The van der Waals surface area contributed by atoms with Crippen molar-refractivity contribution in [3.05, 3.63) is 48.5 Å². The van der Waals surface area contributed by atoms with Gasteiger partial charge >= 0.3 is 6.03 Å². The predicted octanol–water partition coefficient (Wildman–Crippen LogP) is 2.98. The highest BCUT2D eigenvalue weighted by molar-refractivity contribution is 5.91. The van der Waals surface area contributed by atoms with Gasteiger partial charge in [-0.2, -0.15) is 0 Å². The molecular weight excluding hydrogens is 380 g/mol. The lowest BCUT2D eigenvalue weighted by atomic mass is 10.2. The molecule has 0 spiro atoms. The van der Waals surface area contributed by atoms with Crippen LogP contribution in [0, 0.1) is 0 Å². The zero-order valence-electron chi connectivity index (χ0n) is 18.2. The van der Waals surface area contributed by atoms with Crippen LogP contribution in [0.15, 0.2) is 48.5 Å². The highest BCUT2D eigenvalue weighted by Crippen LogP contribution is 2.25. The third-order valence-corrected chi connectivity index (χ3v) is 5.99. The largest absolute Gasteiger partial charge is 0.508 e. The van der Waals surface area contributed by atoms with E-state index < -0.39 is 6.10 Å². The summed E-state index contributed by atoms with van der Waals surface area (Å²) < 4.78 is 0. The Balaban J connectivity index is 1.59. The fourth-order valence-corrected chi connectivity index (χ4v) is 3.62. The van der Waals surface area contributed by atoms with E-state index in [2.05, 4.69) is 9.80 Å². The van der Waals surface area contributed by atoms with Crippen LogP contribution in [-0.2, 0) is 0 Å². The number of benzene rings is 2. The fraction of sp³-hybridized carbons (Fsp3) is 0.435. The molecule has 1 fully saturated rings. The Morgan fingerprint density at radius 1 is 0.867 bits per heavy atom. The van der Waals surface area contributed by atoms with Crippen molar-refractivity contribution in [2.75, 3.05) is 55.0 Å². The van der Waals surface area contributed by atoms with E-state index in [0.29, 0.717) is 0 Å². The fourth-order valence-electron chi connectivity index (χ4n) is 3.62. The predicted molar refractivity (Wildman–Crippen MR) is 122 cm³/mol. The summed E-state index contributed by atoms with van der Waals surface area (Å²) in [6, 6.07) is 14.9. The summed E-state index contributed by atoms with van der Waals surface area (Å²) in [4.78, 5) is 20.5. The van der Waals surface area contributed by atoms with Crippen LogP contribution in [0.4, 0.5) is 21.9 Å². The highest BCUT2D eigenvalue weighted by Gasteiger charge is 2.24. The van der Waals surface area contributed by atoms with Crippen molar-refractivity contribution in [1.82, 2.24) is 4.90 Å². The van der Waals surface area contributed by atoms with Gasteiger partial charge in [-0.25, -0.2) is 4.79 Å². The van der Waals surface area contributed by atoms with E-state index in [1.165, 1.54) is 0 Å². The van der Waals surface area contributed by atoms with Crippen LogP contribution in [0.2, 0.25) is 0 Å². The van der Waals surface area contributed by atoms with Crippen LogP contribution in [-0.4, -0.2) is 73.6 Å². The van der Waals surface area contributed by atoms with Crippen LogP contribution < -0.4 is 14.7 Å². The standard InChI is InChI=1S/C23H32N4O3/c1-17(18(2)28)24(3)23(30)25(4)19-5-7-20(8-6-19)26-13-15-27(16-14-26)21-9-11-22(29)12-10-21/h5-12,17-18,28-29H,13-16H2,1-4H3. The number of piperazine rings is 1. The average Bonchev–Trinajstić information content (AvgIpc) is 2.77. The zero-order chi connectivity index (χ0) is 21.8. The molecule has 2 aromatic rings. The molecule has 162 valence electrons. The van der Waals surface area contributed by atoms with Crippen molar-refractivity contribution < 1.29 is 15.0 Å². The van der Waals surface area contributed by atoms with Gasteiger partial charge < -0.3 is 24.9 Å². The average molecular weight is 413 g/mol. The Kier molecular flexibility index (Phi) is 6.72. The van der Waals surface area contributed by atoms with Crippen LogP contribution in [0.25, 0.3) is 0 Å². The maximum Gasteiger partial charge on any atom is 0.324 e. The number of hydrogen-bond donors (Lipinski definition) is 2. The Morgan fingerprint density at radius 2 is 1.30 bits per heavy atom. The minimum Gasteiger partial charge on any atom is -0.508 e. The van der Waals surface area contributed by atoms with E-state index in [9.17, 15) is 15.0 Å². The number of carbonyl (C=O) groups is 1. The molecule has 2 atom stereocenters. The summed E-state index contributed by atoms with van der Waals surface area (Å²) in [6.07, 6.45) is -0.588. The SMILES string of the molecule is CC(O)C(C)N(C)C(=O)N(C)c1ccc(N2CCN(c3ccc(O)cc3)CC2)cc1. The molecule has 2 amide bonds. The number of aromatic hydroxyl groups is 1. The molecule has 30 heavy (non-hydrogen) atoms. The summed E-state index contributed by atoms with van der Waals surface area (Å²) in [5.74, 6) is 0.285. The molecule has 1 heterocycles. The number of anilines is 3. The molecule has 1 saturated heterocycles. The molecule has 0 aliphatic carbocycles. The van der Waals surface area contributed by atoms with Crippen molar-refractivity contribution in [1.29, 1.82) is 0 Å². The summed E-state index contributed by atoms with van der Waals surface area (Å²) in [7, 11) is 3.46. The number of rotatable bonds is 5. The molecule has 0 bridgehead atoms. The first-order valence-electron chi connectivity index (χ1n) is 10.4. The van der Waals surface area contributed by atoms with Gasteiger partial charge in [-0.05, 0) is 62.4 Å². The molecule has 3 rings (SSSR count). The van der Waals surface area contributed by atoms with Gasteiger partial charge in [0.2, 0.25) is 0 Å². The van der Waals surface area contributed by atoms with Gasteiger partial charge in [0.05, 0.1) is 12.1 Å². The topological polar surface area (TPSA) is 70.5 Å². The van der Waals surface area contributed by atoms with Crippen molar-refractivity contribution in [3.63, 3.8) is 0 Å². The third-order valence-electron chi connectivity index (χ3n) is 5.99. The summed E-state index contributed by atoms with van der Waals surface area (Å²) >= 11 is 0. The van der Waals surface area contributed by atoms with Crippen LogP contribution in [0.1, 0.15) is 13.8 Å². The van der Waals surface area contributed by atoms with Gasteiger partial charge in [-0.3, -0.25) is 4.90 Å². The zero-order valence-corrected chi connectivity index (χ0v) is 18.2. The molecule has 2 N–H and O–H groups in total. The van der Waals surface area contributed by atoms with E-state index in [4.69, 9.17) is 0 Å². The van der Waals surface area contributed by atoms with Gasteiger partial charge in [-0.1, -0.05) is 0 Å². The molecule has 2 aromatic carbocycles. The van der Waals surface area contributed by atoms with E-state index in [-0.39, 0.29) is 17.8 Å². The van der Waals surface area contributed by atoms with Crippen molar-refractivity contribution in [2.24, 2.45) is 0 Å². The number of phenols is 1. The Bertz CT molecular complexity index is 831. The number of carbonyl (C=O) groups excluding carboxylic acids is 1. The van der Waals surface area contributed by atoms with E-state index in [1.807, 2.05) is 43.3 Å². The second-order valence-corrected chi connectivity index (χ2v) is 7.94. The Hall–Kier alpha value is -2.93. The minimum absolute atomic E-state index is 0.154. The normalized spacial score (nSPS) is 16.2. The Labute approximate surface area is 178 Å². The number of amides is 2. The lowest BCUT2D eigenvalue weighted by molar-refractivity contribution is 0.101. The van der Waals surface area contributed by atoms with Crippen molar-refractivity contribution in [2.45, 2.75) is 26.0 Å². The molecule has 7 nitrogen and oxygen atoms in total. The number of likely N-dealkylation sites (N-methyl/N-ethyl adjacent to an activating group) is 1. The summed E-state index contributed by atoms with van der Waals surface area (Å²) in [6.45, 7) is 7.15. The number of aliphatic hydroxyl groups is 1. The minimum atomic E-state index is -0.588. The van der Waals surface area contributed by atoms with Crippen molar-refractivity contribution in [3.8, 4) is 5.75 Å². The molecule has 0 saturated carbocycles. The second kappa shape index (κ2) is 9.26. The third kappa shape index (κ3) is 4.79. The van der Waals surface area contributed by atoms with Crippen LogP contribution in [0.3, 0.4) is 0 Å². The van der Waals surface area contributed by atoms with Gasteiger partial charge in [-0.15, -0.1) is 0 Å². The molecule has 0 aromatic heterocycles. The highest BCUT2D eigenvalue weighted by atomic mass is 16.3. The molecule has 2 unspecified atom stereocenters. The molecule has 0 radical (unpaired) electrons. The first-order chi connectivity index (χ1) is 14.3. The van der Waals surface area contributed by atoms with Crippen molar-refractivity contribution >= 4 is 23.1 Å². The maximum atomic E-state index is 12.7. The van der Waals surface area contributed by atoms with Crippen LogP contribution >= 0.6 is 0 Å². The van der Waals surface area contributed by atoms with Gasteiger partial charge in [0.1, 0.15) is 5.75 Å². The molecule has 1 aliphatic rings. The maximum absolute atomic E-state index is 12.7. The van der Waals surface area contributed by atoms with Gasteiger partial charge in [0, 0.05) is 57.3 Å². The number of phenolic OH excluding ortho intramolecular Hbond substituents is 1.